The number of hydrogen-bond donors (Lipinski definition) is 0. The van der Waals surface area contributed by atoms with Gasteiger partial charge in [0.05, 0.1) is 4.90 Å². The van der Waals surface area contributed by atoms with Crippen molar-refractivity contribution in [3.8, 4) is 0 Å². The van der Waals surface area contributed by atoms with E-state index in [0.29, 0.717) is 5.69 Å². The van der Waals surface area contributed by atoms with Gasteiger partial charge < -0.3 is 0 Å². The third-order valence-electron chi connectivity index (χ3n) is 2.28. The fourth-order valence-electron chi connectivity index (χ4n) is 1.44. The molecule has 0 aliphatic heterocycles. The molecule has 5 heteroatoms. The van der Waals surface area contributed by atoms with Crippen LogP contribution >= 0.6 is 0 Å². The molecule has 0 fully saturated rings. The zero-order valence-corrected chi connectivity index (χ0v) is 9.41. The molecule has 2 aromatic rings. The molecule has 3 nitrogen and oxygen atoms in total. The van der Waals surface area contributed by atoms with E-state index in [1.54, 1.807) is 19.1 Å². The average molecular weight is 239 g/mol. The maximum atomic E-state index is 12.7. The summed E-state index contributed by atoms with van der Waals surface area (Å²) in [6.07, 6.45) is 1.47. The Morgan fingerprint density at radius 1 is 1.12 bits per heavy atom. The summed E-state index contributed by atoms with van der Waals surface area (Å²) in [5, 5.41) is 0. The second-order valence-corrected chi connectivity index (χ2v) is 5.22. The van der Waals surface area contributed by atoms with E-state index in [4.69, 9.17) is 0 Å². The van der Waals surface area contributed by atoms with Crippen LogP contribution < -0.4 is 0 Å². The van der Waals surface area contributed by atoms with Crippen LogP contribution in [0.25, 0.3) is 0 Å². The molecule has 0 atom stereocenters. The van der Waals surface area contributed by atoms with E-state index in [1.807, 2.05) is 0 Å². The highest BCUT2D eigenvalue weighted by Crippen LogP contribution is 2.16. The predicted molar refractivity (Wildman–Crippen MR) is 58.2 cm³/mol. The molecule has 0 unspecified atom stereocenters. The fraction of sp³-hybridized carbons (Fsp3) is 0.0909. The Morgan fingerprint density at radius 2 is 1.75 bits per heavy atom. The lowest BCUT2D eigenvalue weighted by Crippen LogP contribution is -2.13. The van der Waals surface area contributed by atoms with Crippen molar-refractivity contribution in [2.24, 2.45) is 0 Å². The molecule has 0 spiro atoms. The minimum atomic E-state index is -3.59. The van der Waals surface area contributed by atoms with E-state index < -0.39 is 15.8 Å². The summed E-state index contributed by atoms with van der Waals surface area (Å²) in [6, 6.07) is 8.11. The van der Waals surface area contributed by atoms with Crippen molar-refractivity contribution < 1.29 is 12.8 Å². The van der Waals surface area contributed by atoms with Crippen LogP contribution in [0.4, 0.5) is 4.39 Å². The van der Waals surface area contributed by atoms with Gasteiger partial charge in [-0.25, -0.2) is 16.8 Å². The van der Waals surface area contributed by atoms with Crippen LogP contribution in [0.15, 0.2) is 47.5 Å². The first-order valence-electron chi connectivity index (χ1n) is 4.67. The molecule has 2 rings (SSSR count). The Hall–Kier alpha value is -1.62. The Balaban J connectivity index is 2.56. The number of nitrogens with zero attached hydrogens (tertiary/aromatic N) is 1. The first kappa shape index (κ1) is 10.9. The lowest BCUT2D eigenvalue weighted by Gasteiger charge is -2.07. The van der Waals surface area contributed by atoms with Crippen LogP contribution in [-0.4, -0.2) is 12.4 Å². The molecule has 0 saturated heterocycles. The van der Waals surface area contributed by atoms with Gasteiger partial charge in [0.15, 0.2) is 0 Å². The van der Waals surface area contributed by atoms with Crippen molar-refractivity contribution in [2.45, 2.75) is 11.8 Å². The molecule has 0 radical (unpaired) electrons. The van der Waals surface area contributed by atoms with Crippen LogP contribution in [-0.2, 0) is 10.0 Å². The summed E-state index contributed by atoms with van der Waals surface area (Å²) in [5.74, 6) is -0.455. The van der Waals surface area contributed by atoms with Gasteiger partial charge in [-0.1, -0.05) is 0 Å². The normalized spacial score (nSPS) is 11.6. The first-order valence-corrected chi connectivity index (χ1v) is 6.11. The molecule has 84 valence electrons. The highest BCUT2D eigenvalue weighted by atomic mass is 32.2. The van der Waals surface area contributed by atoms with Gasteiger partial charge in [0.25, 0.3) is 10.0 Å². The summed E-state index contributed by atoms with van der Waals surface area (Å²) in [4.78, 5) is 0.0770. The third kappa shape index (κ3) is 1.74. The lowest BCUT2D eigenvalue weighted by atomic mass is 10.4. The zero-order chi connectivity index (χ0) is 11.8. The Kier molecular flexibility index (Phi) is 2.55. The van der Waals surface area contributed by atoms with E-state index in [9.17, 15) is 12.8 Å². The maximum Gasteiger partial charge on any atom is 0.267 e. The highest BCUT2D eigenvalue weighted by molar-refractivity contribution is 7.90. The van der Waals surface area contributed by atoms with Gasteiger partial charge in [-0.3, -0.25) is 0 Å². The second kappa shape index (κ2) is 3.75. The van der Waals surface area contributed by atoms with E-state index in [-0.39, 0.29) is 4.90 Å². The van der Waals surface area contributed by atoms with Crippen LogP contribution in [0.2, 0.25) is 0 Å². The number of hydrogen-bond acceptors (Lipinski definition) is 2. The van der Waals surface area contributed by atoms with Crippen molar-refractivity contribution in [3.63, 3.8) is 0 Å². The summed E-state index contributed by atoms with van der Waals surface area (Å²) in [7, 11) is -3.59. The smallest absolute Gasteiger partial charge is 0.246 e. The first-order chi connectivity index (χ1) is 7.51. The molecule has 0 bridgehead atoms. The molecular weight excluding hydrogens is 229 g/mol. The highest BCUT2D eigenvalue weighted by Gasteiger charge is 2.17. The van der Waals surface area contributed by atoms with Gasteiger partial charge in [-0.05, 0) is 43.3 Å². The Bertz CT molecular complexity index is 599. The van der Waals surface area contributed by atoms with E-state index in [0.717, 1.165) is 12.1 Å². The maximum absolute atomic E-state index is 12.7. The average Bonchev–Trinajstić information content (AvgIpc) is 2.66. The van der Waals surface area contributed by atoms with Crippen molar-refractivity contribution in [1.82, 2.24) is 3.97 Å². The minimum absolute atomic E-state index is 0.0770. The molecule has 1 aromatic carbocycles. The quantitative estimate of drug-likeness (QED) is 0.805. The predicted octanol–water partition coefficient (Wildman–Crippen LogP) is 2.17. The van der Waals surface area contributed by atoms with Crippen molar-refractivity contribution in [2.75, 3.05) is 0 Å². The fourth-order valence-corrected chi connectivity index (χ4v) is 2.82. The second-order valence-electron chi connectivity index (χ2n) is 3.40. The van der Waals surface area contributed by atoms with Crippen LogP contribution in [0.5, 0.6) is 0 Å². The van der Waals surface area contributed by atoms with Crippen LogP contribution in [0.1, 0.15) is 5.69 Å². The molecule has 0 N–H and O–H groups in total. The number of halogens is 1. The molecule has 1 heterocycles. The van der Waals surface area contributed by atoms with Gasteiger partial charge in [-0.15, -0.1) is 0 Å². The topological polar surface area (TPSA) is 39.1 Å². The monoisotopic (exact) mass is 239 g/mol. The summed E-state index contributed by atoms with van der Waals surface area (Å²) in [5.41, 5.74) is 0.615. The zero-order valence-electron chi connectivity index (χ0n) is 8.59. The van der Waals surface area contributed by atoms with Gasteiger partial charge in [0.1, 0.15) is 5.82 Å². The van der Waals surface area contributed by atoms with Gasteiger partial charge in [-0.2, -0.15) is 0 Å². The molecule has 0 aliphatic carbocycles. The van der Waals surface area contributed by atoms with Crippen molar-refractivity contribution in [1.29, 1.82) is 0 Å². The summed E-state index contributed by atoms with van der Waals surface area (Å²) < 4.78 is 38.0. The van der Waals surface area contributed by atoms with E-state index in [1.165, 1.54) is 22.3 Å². The van der Waals surface area contributed by atoms with Crippen LogP contribution in [0, 0.1) is 12.7 Å². The molecule has 0 saturated carbocycles. The Labute approximate surface area is 93.2 Å². The number of rotatable bonds is 2. The van der Waals surface area contributed by atoms with Gasteiger partial charge in [0, 0.05) is 11.9 Å². The Morgan fingerprint density at radius 3 is 2.25 bits per heavy atom. The van der Waals surface area contributed by atoms with E-state index >= 15 is 0 Å². The number of aryl methyl sites for hydroxylation is 1. The molecule has 0 aliphatic rings. The SMILES string of the molecule is Cc1cccn1S(=O)(=O)c1ccc(F)cc1. The van der Waals surface area contributed by atoms with E-state index in [2.05, 4.69) is 0 Å². The summed E-state index contributed by atoms with van der Waals surface area (Å²) >= 11 is 0. The number of benzene rings is 1. The standard InChI is InChI=1S/C11H10FNO2S/c1-9-3-2-8-13(9)16(14,15)11-6-4-10(12)5-7-11/h2-8H,1H3. The minimum Gasteiger partial charge on any atom is -0.246 e. The number of aromatic nitrogens is 1. The lowest BCUT2D eigenvalue weighted by molar-refractivity contribution is 0.585. The van der Waals surface area contributed by atoms with Crippen molar-refractivity contribution >= 4 is 10.0 Å². The van der Waals surface area contributed by atoms with Gasteiger partial charge in [0.2, 0.25) is 0 Å². The van der Waals surface area contributed by atoms with Gasteiger partial charge >= 0.3 is 0 Å². The van der Waals surface area contributed by atoms with Crippen molar-refractivity contribution in [3.05, 3.63) is 54.1 Å². The molecular formula is C11H10FNO2S. The molecule has 0 amide bonds. The molecule has 16 heavy (non-hydrogen) atoms. The van der Waals surface area contributed by atoms with Crippen LogP contribution in [0.3, 0.4) is 0 Å². The largest absolute Gasteiger partial charge is 0.267 e. The third-order valence-corrected chi connectivity index (χ3v) is 4.07. The summed E-state index contributed by atoms with van der Waals surface area (Å²) in [6.45, 7) is 1.70. The molecule has 1 aromatic heterocycles.